The summed E-state index contributed by atoms with van der Waals surface area (Å²) in [7, 11) is 1.76. The lowest BCUT2D eigenvalue weighted by Gasteiger charge is -2.34. The number of aromatic nitrogens is 3. The summed E-state index contributed by atoms with van der Waals surface area (Å²) in [6, 6.07) is 0.401. The van der Waals surface area contributed by atoms with Crippen molar-refractivity contribution in [3.8, 4) is 0 Å². The molecule has 1 aromatic rings. The van der Waals surface area contributed by atoms with Crippen LogP contribution in [0.4, 0.5) is 17.8 Å². The maximum Gasteiger partial charge on any atom is 0.231 e. The second kappa shape index (κ2) is 6.43. The third kappa shape index (κ3) is 3.34. The Morgan fingerprint density at radius 3 is 2.52 bits per heavy atom. The zero-order chi connectivity index (χ0) is 14.7. The van der Waals surface area contributed by atoms with Gasteiger partial charge >= 0.3 is 0 Å². The molecule has 1 aromatic heterocycles. The Kier molecular flexibility index (Phi) is 4.38. The summed E-state index contributed by atoms with van der Waals surface area (Å²) >= 11 is 0. The molecule has 1 saturated carbocycles. The minimum atomic E-state index is 0.371. The highest BCUT2D eigenvalue weighted by atomic mass is 16.5. The first-order valence-electron chi connectivity index (χ1n) is 7.82. The molecule has 7 heteroatoms. The molecule has 0 bridgehead atoms. The van der Waals surface area contributed by atoms with Crippen LogP contribution in [0.1, 0.15) is 32.6 Å². The van der Waals surface area contributed by atoms with E-state index in [0.717, 1.165) is 38.4 Å². The van der Waals surface area contributed by atoms with E-state index in [9.17, 15) is 0 Å². The molecule has 1 saturated heterocycles. The van der Waals surface area contributed by atoms with Crippen LogP contribution in [0.5, 0.6) is 0 Å². The molecule has 2 N–H and O–H groups in total. The Hall–Kier alpha value is -1.63. The van der Waals surface area contributed by atoms with Crippen LogP contribution >= 0.6 is 0 Å². The van der Waals surface area contributed by atoms with Gasteiger partial charge in [0.25, 0.3) is 0 Å². The van der Waals surface area contributed by atoms with Gasteiger partial charge in [0.2, 0.25) is 17.8 Å². The summed E-state index contributed by atoms with van der Waals surface area (Å²) in [6.45, 7) is 4.91. The van der Waals surface area contributed by atoms with E-state index in [0.29, 0.717) is 24.0 Å². The molecule has 0 spiro atoms. The van der Waals surface area contributed by atoms with Gasteiger partial charge in [-0.05, 0) is 32.6 Å². The second-order valence-corrected chi connectivity index (χ2v) is 5.68. The van der Waals surface area contributed by atoms with Crippen LogP contribution in [0.3, 0.4) is 0 Å². The SMILES string of the molecule is CCNc1nc(NC2CC(OC)C2)nc(N2CCCC2)n1. The maximum absolute atomic E-state index is 5.31. The monoisotopic (exact) mass is 292 g/mol. The fraction of sp³-hybridized carbons (Fsp3) is 0.786. The van der Waals surface area contributed by atoms with Crippen molar-refractivity contribution in [1.29, 1.82) is 0 Å². The van der Waals surface area contributed by atoms with Gasteiger partial charge in [-0.1, -0.05) is 0 Å². The van der Waals surface area contributed by atoms with Crippen molar-refractivity contribution >= 4 is 17.8 Å². The molecular formula is C14H24N6O. The number of anilines is 3. The number of hydrogen-bond acceptors (Lipinski definition) is 7. The van der Waals surface area contributed by atoms with Crippen LogP contribution in [0, 0.1) is 0 Å². The highest BCUT2D eigenvalue weighted by molar-refractivity contribution is 5.45. The summed E-state index contributed by atoms with van der Waals surface area (Å²) in [5, 5.41) is 6.58. The standard InChI is InChI=1S/C14H24N6O/c1-3-15-12-17-13(16-10-8-11(9-10)21-2)19-14(18-12)20-6-4-5-7-20/h10-11H,3-9H2,1-2H3,(H2,15,16,17,18,19). The highest BCUT2D eigenvalue weighted by Gasteiger charge is 2.30. The van der Waals surface area contributed by atoms with Crippen LogP contribution in [0.25, 0.3) is 0 Å². The minimum Gasteiger partial charge on any atom is -0.381 e. The van der Waals surface area contributed by atoms with Crippen LogP contribution in [-0.2, 0) is 4.74 Å². The fourth-order valence-electron chi connectivity index (χ4n) is 2.78. The Morgan fingerprint density at radius 2 is 1.86 bits per heavy atom. The van der Waals surface area contributed by atoms with Crippen molar-refractivity contribution in [2.24, 2.45) is 0 Å². The third-order valence-electron chi connectivity index (χ3n) is 4.11. The predicted molar refractivity (Wildman–Crippen MR) is 82.9 cm³/mol. The van der Waals surface area contributed by atoms with Gasteiger partial charge in [-0.25, -0.2) is 0 Å². The second-order valence-electron chi connectivity index (χ2n) is 5.68. The van der Waals surface area contributed by atoms with Crippen molar-refractivity contribution in [3.63, 3.8) is 0 Å². The van der Waals surface area contributed by atoms with Gasteiger partial charge in [0.1, 0.15) is 0 Å². The van der Waals surface area contributed by atoms with E-state index in [2.05, 4.69) is 30.5 Å². The number of nitrogens with one attached hydrogen (secondary N) is 2. The molecular weight excluding hydrogens is 268 g/mol. The van der Waals surface area contributed by atoms with E-state index >= 15 is 0 Å². The zero-order valence-electron chi connectivity index (χ0n) is 12.8. The van der Waals surface area contributed by atoms with E-state index in [1.54, 1.807) is 7.11 Å². The summed E-state index contributed by atoms with van der Waals surface area (Å²) in [5.74, 6) is 2.10. The smallest absolute Gasteiger partial charge is 0.231 e. The number of hydrogen-bond donors (Lipinski definition) is 2. The van der Waals surface area contributed by atoms with Crippen LogP contribution in [-0.4, -0.2) is 53.8 Å². The molecule has 21 heavy (non-hydrogen) atoms. The fourth-order valence-corrected chi connectivity index (χ4v) is 2.78. The van der Waals surface area contributed by atoms with Crippen molar-refractivity contribution < 1.29 is 4.74 Å². The first kappa shape index (κ1) is 14.3. The lowest BCUT2D eigenvalue weighted by molar-refractivity contribution is 0.0327. The molecule has 0 atom stereocenters. The summed E-state index contributed by atoms with van der Waals surface area (Å²) in [4.78, 5) is 15.8. The van der Waals surface area contributed by atoms with Gasteiger partial charge in [-0.15, -0.1) is 0 Å². The van der Waals surface area contributed by atoms with Crippen molar-refractivity contribution in [3.05, 3.63) is 0 Å². The molecule has 0 aromatic carbocycles. The normalized spacial score (nSPS) is 24.8. The Bertz CT molecular complexity index is 471. The van der Waals surface area contributed by atoms with Crippen molar-refractivity contribution in [2.75, 3.05) is 42.3 Å². The minimum absolute atomic E-state index is 0.371. The van der Waals surface area contributed by atoms with E-state index in [-0.39, 0.29) is 0 Å². The van der Waals surface area contributed by atoms with Crippen LogP contribution in [0.2, 0.25) is 0 Å². The Labute approximate surface area is 125 Å². The molecule has 0 amide bonds. The first-order chi connectivity index (χ1) is 10.3. The molecule has 3 rings (SSSR count). The van der Waals surface area contributed by atoms with E-state index in [1.807, 2.05) is 6.92 Å². The van der Waals surface area contributed by atoms with E-state index in [4.69, 9.17) is 4.74 Å². The predicted octanol–water partition coefficient (Wildman–Crippen LogP) is 1.49. The number of ether oxygens (including phenoxy) is 1. The lowest BCUT2D eigenvalue weighted by Crippen LogP contribution is -2.40. The molecule has 0 unspecified atom stereocenters. The molecule has 1 aliphatic carbocycles. The van der Waals surface area contributed by atoms with Gasteiger partial charge in [0, 0.05) is 32.8 Å². The number of rotatable bonds is 6. The van der Waals surface area contributed by atoms with Gasteiger partial charge in [-0.2, -0.15) is 15.0 Å². The van der Waals surface area contributed by atoms with E-state index < -0.39 is 0 Å². The largest absolute Gasteiger partial charge is 0.381 e. The van der Waals surface area contributed by atoms with E-state index in [1.165, 1.54) is 12.8 Å². The molecule has 2 fully saturated rings. The van der Waals surface area contributed by atoms with Crippen molar-refractivity contribution in [2.45, 2.75) is 44.8 Å². The van der Waals surface area contributed by atoms with Crippen LogP contribution in [0.15, 0.2) is 0 Å². The van der Waals surface area contributed by atoms with Crippen LogP contribution < -0.4 is 15.5 Å². The lowest BCUT2D eigenvalue weighted by atomic mass is 9.89. The molecule has 116 valence electrons. The summed E-state index contributed by atoms with van der Waals surface area (Å²) in [6.07, 6.45) is 4.82. The van der Waals surface area contributed by atoms with Gasteiger partial charge < -0.3 is 20.3 Å². The Balaban J connectivity index is 1.72. The summed E-state index contributed by atoms with van der Waals surface area (Å²) < 4.78 is 5.31. The number of nitrogens with zero attached hydrogens (tertiary/aromatic N) is 4. The molecule has 2 aliphatic rings. The first-order valence-corrected chi connectivity index (χ1v) is 7.82. The molecule has 2 heterocycles. The average Bonchev–Trinajstić information content (AvgIpc) is 2.96. The maximum atomic E-state index is 5.31. The molecule has 0 radical (unpaired) electrons. The molecule has 1 aliphatic heterocycles. The van der Waals surface area contributed by atoms with Gasteiger partial charge in [0.15, 0.2) is 0 Å². The zero-order valence-corrected chi connectivity index (χ0v) is 12.8. The summed E-state index contributed by atoms with van der Waals surface area (Å²) in [5.41, 5.74) is 0. The topological polar surface area (TPSA) is 75.2 Å². The molecule has 7 nitrogen and oxygen atoms in total. The Morgan fingerprint density at radius 1 is 1.14 bits per heavy atom. The van der Waals surface area contributed by atoms with Crippen molar-refractivity contribution in [1.82, 2.24) is 15.0 Å². The van der Waals surface area contributed by atoms with Gasteiger partial charge in [-0.3, -0.25) is 0 Å². The highest BCUT2D eigenvalue weighted by Crippen LogP contribution is 2.26. The van der Waals surface area contributed by atoms with Gasteiger partial charge in [0.05, 0.1) is 6.10 Å². The quantitative estimate of drug-likeness (QED) is 0.822. The number of methoxy groups -OCH3 is 1. The third-order valence-corrected chi connectivity index (χ3v) is 4.11. The average molecular weight is 292 g/mol.